The van der Waals surface area contributed by atoms with Crippen LogP contribution in [0.3, 0.4) is 0 Å². The molecule has 0 amide bonds. The molecule has 4 rings (SSSR count). The molecule has 0 fully saturated rings. The van der Waals surface area contributed by atoms with Crippen molar-refractivity contribution >= 4 is 22.9 Å². The Morgan fingerprint density at radius 1 is 0.941 bits per heavy atom. The summed E-state index contributed by atoms with van der Waals surface area (Å²) >= 11 is 0. The van der Waals surface area contributed by atoms with Gasteiger partial charge in [-0.25, -0.2) is 4.79 Å². The maximum atomic E-state index is 11.9. The fourth-order valence-corrected chi connectivity index (χ4v) is 3.63. The quantitative estimate of drug-likeness (QED) is 0.302. The Morgan fingerprint density at radius 2 is 1.62 bits per heavy atom. The average Bonchev–Trinajstić information content (AvgIpc) is 2.81. The van der Waals surface area contributed by atoms with Crippen LogP contribution in [0.5, 0.6) is 28.7 Å². The molecule has 3 aromatic rings. The molecule has 0 saturated carbocycles. The monoisotopic (exact) mass is 470 g/mol. The van der Waals surface area contributed by atoms with E-state index in [1.807, 2.05) is 0 Å². The number of fused-ring (bicyclic) bond motifs is 3. The summed E-state index contributed by atoms with van der Waals surface area (Å²) in [5, 5.41) is 0.638. The molecule has 0 aliphatic carbocycles. The van der Waals surface area contributed by atoms with E-state index in [9.17, 15) is 14.4 Å². The van der Waals surface area contributed by atoms with Gasteiger partial charge in [0, 0.05) is 30.9 Å². The van der Waals surface area contributed by atoms with Gasteiger partial charge < -0.3 is 32.8 Å². The zero-order chi connectivity index (χ0) is 24.4. The van der Waals surface area contributed by atoms with Gasteiger partial charge in [0.1, 0.15) is 6.61 Å². The lowest BCUT2D eigenvalue weighted by molar-refractivity contribution is -0.145. The van der Waals surface area contributed by atoms with Crippen molar-refractivity contribution in [2.75, 3.05) is 20.8 Å². The number of methoxy groups -OCH3 is 2. The van der Waals surface area contributed by atoms with Crippen LogP contribution in [0.4, 0.5) is 0 Å². The molecule has 0 radical (unpaired) electrons. The first-order chi connectivity index (χ1) is 16.3. The zero-order valence-corrected chi connectivity index (χ0v) is 18.9. The largest absolute Gasteiger partial charge is 0.493 e. The lowest BCUT2D eigenvalue weighted by Crippen LogP contribution is -2.37. The van der Waals surface area contributed by atoms with Gasteiger partial charge in [0.05, 0.1) is 14.2 Å². The first kappa shape index (κ1) is 23.0. The standard InChI is InChI=1S/C24H22O10/c1-12(25)30-11-19-21(15-9-17(28-3)23(31-13(2)26)18(10-15)29-4)34-24-16(32-19)7-5-14-6-8-20(27)33-22(14)24/h5-10,19,21H,11H2,1-4H3/t19-,21-/m1/s1. The minimum absolute atomic E-state index is 0.103. The molecule has 10 nitrogen and oxygen atoms in total. The molecule has 1 aliphatic heterocycles. The van der Waals surface area contributed by atoms with Gasteiger partial charge in [-0.15, -0.1) is 0 Å². The Balaban J connectivity index is 1.84. The van der Waals surface area contributed by atoms with Crippen LogP contribution in [-0.2, 0) is 14.3 Å². The molecule has 2 atom stereocenters. The highest BCUT2D eigenvalue weighted by atomic mass is 16.6. The summed E-state index contributed by atoms with van der Waals surface area (Å²) in [6, 6.07) is 9.53. The minimum Gasteiger partial charge on any atom is -0.493 e. The lowest BCUT2D eigenvalue weighted by Gasteiger charge is -2.34. The second-order valence-corrected chi connectivity index (χ2v) is 7.41. The molecule has 1 aromatic heterocycles. The molecule has 0 bridgehead atoms. The van der Waals surface area contributed by atoms with E-state index in [0.717, 1.165) is 0 Å². The summed E-state index contributed by atoms with van der Waals surface area (Å²) in [6.45, 7) is 2.43. The first-order valence-corrected chi connectivity index (χ1v) is 10.3. The van der Waals surface area contributed by atoms with Crippen molar-refractivity contribution in [3.63, 3.8) is 0 Å². The smallest absolute Gasteiger partial charge is 0.336 e. The van der Waals surface area contributed by atoms with Crippen LogP contribution >= 0.6 is 0 Å². The Labute approximate surface area is 193 Å². The molecule has 2 heterocycles. The predicted molar refractivity (Wildman–Crippen MR) is 118 cm³/mol. The van der Waals surface area contributed by atoms with Crippen LogP contribution in [0.2, 0.25) is 0 Å². The van der Waals surface area contributed by atoms with Gasteiger partial charge in [-0.3, -0.25) is 9.59 Å². The summed E-state index contributed by atoms with van der Waals surface area (Å²) in [4.78, 5) is 34.9. The van der Waals surface area contributed by atoms with Gasteiger partial charge in [0.2, 0.25) is 11.5 Å². The number of rotatable bonds is 6. The molecular weight excluding hydrogens is 448 g/mol. The van der Waals surface area contributed by atoms with Crippen molar-refractivity contribution in [1.82, 2.24) is 0 Å². The third kappa shape index (κ3) is 4.47. The van der Waals surface area contributed by atoms with Crippen LogP contribution in [0.25, 0.3) is 11.0 Å². The predicted octanol–water partition coefficient (Wildman–Crippen LogP) is 3.18. The lowest BCUT2D eigenvalue weighted by atomic mass is 10.0. The van der Waals surface area contributed by atoms with Gasteiger partial charge in [0.25, 0.3) is 0 Å². The molecule has 0 unspecified atom stereocenters. The Morgan fingerprint density at radius 3 is 2.24 bits per heavy atom. The number of hydrogen-bond donors (Lipinski definition) is 0. The highest BCUT2D eigenvalue weighted by Crippen LogP contribution is 2.47. The van der Waals surface area contributed by atoms with Gasteiger partial charge in [-0.1, -0.05) is 0 Å². The highest BCUT2D eigenvalue weighted by molar-refractivity contribution is 5.85. The number of hydrogen-bond acceptors (Lipinski definition) is 10. The summed E-state index contributed by atoms with van der Waals surface area (Å²) in [7, 11) is 2.83. The molecular formula is C24H22O10. The zero-order valence-electron chi connectivity index (χ0n) is 18.9. The van der Waals surface area contributed by atoms with Crippen LogP contribution < -0.4 is 29.3 Å². The highest BCUT2D eigenvalue weighted by Gasteiger charge is 2.37. The van der Waals surface area contributed by atoms with Crippen LogP contribution in [0.1, 0.15) is 25.5 Å². The fourth-order valence-electron chi connectivity index (χ4n) is 3.63. The molecule has 0 saturated heterocycles. The van der Waals surface area contributed by atoms with Crippen molar-refractivity contribution in [1.29, 1.82) is 0 Å². The normalized spacial score (nSPS) is 16.6. The van der Waals surface area contributed by atoms with E-state index in [0.29, 0.717) is 16.7 Å². The third-order valence-electron chi connectivity index (χ3n) is 5.08. The first-order valence-electron chi connectivity index (χ1n) is 10.3. The molecule has 178 valence electrons. The molecule has 2 aromatic carbocycles. The van der Waals surface area contributed by atoms with Gasteiger partial charge >= 0.3 is 17.6 Å². The average molecular weight is 470 g/mol. The van der Waals surface area contributed by atoms with E-state index in [-0.39, 0.29) is 35.2 Å². The van der Waals surface area contributed by atoms with Gasteiger partial charge in [-0.05, 0) is 30.3 Å². The van der Waals surface area contributed by atoms with Crippen LogP contribution in [-0.4, -0.2) is 38.9 Å². The molecule has 0 N–H and O–H groups in total. The van der Waals surface area contributed by atoms with Crippen molar-refractivity contribution < 1.29 is 42.4 Å². The van der Waals surface area contributed by atoms with Gasteiger partial charge in [-0.2, -0.15) is 0 Å². The van der Waals surface area contributed by atoms with E-state index in [1.165, 1.54) is 34.1 Å². The van der Waals surface area contributed by atoms with Crippen LogP contribution in [0.15, 0.2) is 45.6 Å². The number of benzene rings is 2. The van der Waals surface area contributed by atoms with E-state index in [2.05, 4.69) is 0 Å². The van der Waals surface area contributed by atoms with Crippen molar-refractivity contribution in [3.05, 3.63) is 52.4 Å². The number of ether oxygens (including phenoxy) is 6. The van der Waals surface area contributed by atoms with E-state index in [1.54, 1.807) is 30.3 Å². The Hall–Kier alpha value is -4.21. The number of carbonyl (C=O) groups excluding carboxylic acids is 2. The summed E-state index contributed by atoms with van der Waals surface area (Å²) in [5.41, 5.74) is 0.191. The Bertz CT molecular complexity index is 1280. The third-order valence-corrected chi connectivity index (χ3v) is 5.08. The fraction of sp³-hybridized carbons (Fsp3) is 0.292. The second-order valence-electron chi connectivity index (χ2n) is 7.41. The molecule has 34 heavy (non-hydrogen) atoms. The van der Waals surface area contributed by atoms with E-state index in [4.69, 9.17) is 32.8 Å². The van der Waals surface area contributed by atoms with Crippen molar-refractivity contribution in [3.8, 4) is 28.7 Å². The maximum absolute atomic E-state index is 11.9. The summed E-state index contributed by atoms with van der Waals surface area (Å²) in [5.74, 6) is 0.0467. The molecule has 0 spiro atoms. The second kappa shape index (κ2) is 9.34. The maximum Gasteiger partial charge on any atom is 0.336 e. The summed E-state index contributed by atoms with van der Waals surface area (Å²) in [6.07, 6.45) is -1.60. The SMILES string of the molecule is COc1cc([C@H]2Oc3c(ccc4ccc(=O)oc34)O[C@@H]2COC(C)=O)cc(OC)c1OC(C)=O. The van der Waals surface area contributed by atoms with Crippen molar-refractivity contribution in [2.45, 2.75) is 26.1 Å². The van der Waals surface area contributed by atoms with Crippen LogP contribution in [0, 0.1) is 0 Å². The van der Waals surface area contributed by atoms with Crippen molar-refractivity contribution in [2.24, 2.45) is 0 Å². The number of carbonyl (C=O) groups is 2. The topological polar surface area (TPSA) is 120 Å². The molecule has 10 heteroatoms. The van der Waals surface area contributed by atoms with Gasteiger partial charge in [0.15, 0.2) is 35.0 Å². The summed E-state index contributed by atoms with van der Waals surface area (Å²) < 4.78 is 39.0. The van der Waals surface area contributed by atoms with E-state index >= 15 is 0 Å². The number of esters is 2. The Kier molecular flexibility index (Phi) is 6.31. The minimum atomic E-state index is -0.836. The van der Waals surface area contributed by atoms with E-state index < -0.39 is 29.8 Å². The molecule has 1 aliphatic rings.